The van der Waals surface area contributed by atoms with Gasteiger partial charge in [-0.05, 0) is 92.5 Å². The summed E-state index contributed by atoms with van der Waals surface area (Å²) in [5.41, 5.74) is 17.6. The first-order valence-corrected chi connectivity index (χ1v) is 20.8. The fourth-order valence-electron chi connectivity index (χ4n) is 9.39. The second kappa shape index (κ2) is 13.4. The van der Waals surface area contributed by atoms with Gasteiger partial charge in [0.1, 0.15) is 5.58 Å². The Morgan fingerprint density at radius 1 is 0.390 bits per heavy atom. The van der Waals surface area contributed by atoms with Crippen LogP contribution in [0.1, 0.15) is 22.3 Å². The summed E-state index contributed by atoms with van der Waals surface area (Å²) < 4.78 is 6.25. The fraction of sp³-hybridized carbons (Fsp3) is 0.0182. The highest BCUT2D eigenvalue weighted by Crippen LogP contribution is 2.63. The molecule has 1 aliphatic carbocycles. The first-order valence-electron chi connectivity index (χ1n) is 20.0. The third-order valence-corrected chi connectivity index (χ3v) is 13.2. The van der Waals surface area contributed by atoms with E-state index < -0.39 is 5.41 Å². The van der Waals surface area contributed by atoms with Crippen LogP contribution in [0.2, 0.25) is 0 Å². The zero-order chi connectivity index (χ0) is 38.9. The first kappa shape index (κ1) is 33.8. The van der Waals surface area contributed by atoms with Crippen molar-refractivity contribution in [3.8, 4) is 67.3 Å². The van der Waals surface area contributed by atoms with E-state index in [2.05, 4.69) is 176 Å². The van der Waals surface area contributed by atoms with Gasteiger partial charge in [-0.15, -0.1) is 0 Å². The fourth-order valence-corrected chi connectivity index (χ4v) is 10.6. The summed E-state index contributed by atoms with van der Waals surface area (Å²) in [6, 6.07) is 71.9. The summed E-state index contributed by atoms with van der Waals surface area (Å²) in [4.78, 5) is 12.7. The minimum atomic E-state index is -0.499. The normalized spacial score (nSPS) is 14.8. The maximum Gasteiger partial charge on any atom is 0.160 e. The average molecular weight is 771 g/mol. The minimum Gasteiger partial charge on any atom is -0.464 e. The summed E-state index contributed by atoms with van der Waals surface area (Å²) in [6.07, 6.45) is 1.81. The number of furan rings is 1. The minimum absolute atomic E-state index is 0.499. The van der Waals surface area contributed by atoms with E-state index in [0.717, 1.165) is 50.2 Å². The molecule has 0 radical (unpaired) electrons. The topological polar surface area (TPSA) is 38.9 Å². The highest BCUT2D eigenvalue weighted by molar-refractivity contribution is 7.99. The molecule has 2 aromatic heterocycles. The van der Waals surface area contributed by atoms with Crippen molar-refractivity contribution in [1.82, 2.24) is 9.97 Å². The largest absolute Gasteiger partial charge is 0.464 e. The van der Waals surface area contributed by atoms with Gasteiger partial charge in [-0.25, -0.2) is 9.97 Å². The predicted molar refractivity (Wildman–Crippen MR) is 240 cm³/mol. The maximum absolute atomic E-state index is 6.25. The van der Waals surface area contributed by atoms with E-state index >= 15 is 0 Å². The third-order valence-electron chi connectivity index (χ3n) is 12.0. The highest BCUT2D eigenvalue weighted by atomic mass is 32.2. The molecule has 1 atom stereocenters. The molecule has 276 valence electrons. The van der Waals surface area contributed by atoms with Gasteiger partial charge in [-0.1, -0.05) is 169 Å². The van der Waals surface area contributed by atoms with Crippen LogP contribution < -0.4 is 0 Å². The lowest BCUT2D eigenvalue weighted by atomic mass is 9.67. The summed E-state index contributed by atoms with van der Waals surface area (Å²) in [6.45, 7) is 0. The molecule has 1 unspecified atom stereocenters. The smallest absolute Gasteiger partial charge is 0.160 e. The third kappa shape index (κ3) is 5.30. The lowest BCUT2D eigenvalue weighted by Crippen LogP contribution is -2.32. The van der Waals surface area contributed by atoms with E-state index in [-0.39, 0.29) is 0 Å². The quantitative estimate of drug-likeness (QED) is 0.175. The van der Waals surface area contributed by atoms with Crippen LogP contribution in [-0.4, -0.2) is 9.97 Å². The second-order valence-corrected chi connectivity index (χ2v) is 16.4. The molecule has 3 heterocycles. The Hall–Kier alpha value is -7.27. The van der Waals surface area contributed by atoms with Crippen molar-refractivity contribution < 1.29 is 4.42 Å². The van der Waals surface area contributed by atoms with E-state index in [1.165, 1.54) is 54.3 Å². The predicted octanol–water partition coefficient (Wildman–Crippen LogP) is 14.4. The van der Waals surface area contributed by atoms with Gasteiger partial charge in [0.15, 0.2) is 5.82 Å². The van der Waals surface area contributed by atoms with Crippen molar-refractivity contribution in [2.75, 3.05) is 0 Å². The van der Waals surface area contributed by atoms with Crippen LogP contribution >= 0.6 is 11.8 Å². The van der Waals surface area contributed by atoms with Gasteiger partial charge >= 0.3 is 0 Å². The molecule has 0 bridgehead atoms. The van der Waals surface area contributed by atoms with Crippen LogP contribution in [0.15, 0.2) is 221 Å². The van der Waals surface area contributed by atoms with E-state index in [4.69, 9.17) is 14.4 Å². The van der Waals surface area contributed by atoms with Gasteiger partial charge in [-0.2, -0.15) is 0 Å². The molecule has 8 aromatic carbocycles. The molecule has 1 spiro atoms. The standard InChI is InChI=1S/C55H34N2OS/c1-3-13-35(14-4-1)48-34-49(57-54(56-48)37-15-5-2-6-16-37)42-20-12-19-40(32-42)38-17-11-18-39(31-38)41-26-28-51-47(33-41)55(45-23-9-10-24-50(45)59-51)44-22-8-7-21-43(44)52-46(55)27-25-36-29-30-58-53(36)52/h1-34H. The Balaban J connectivity index is 0.988. The second-order valence-electron chi connectivity index (χ2n) is 15.3. The SMILES string of the molecule is c1ccc(-c2cc(-c3cccc(-c4cccc(-c5ccc6c(c5)C5(c7ccccc7S6)c6ccccc6-c6c5ccc5ccoc65)c4)c3)nc(-c3ccccc3)n2)cc1. The average Bonchev–Trinajstić information content (AvgIpc) is 3.91. The van der Waals surface area contributed by atoms with Gasteiger partial charge in [0.2, 0.25) is 0 Å². The van der Waals surface area contributed by atoms with Crippen molar-refractivity contribution in [3.05, 3.63) is 229 Å². The number of hydrogen-bond acceptors (Lipinski definition) is 4. The molecule has 4 heteroatoms. The van der Waals surface area contributed by atoms with Gasteiger partial charge in [0.05, 0.1) is 23.1 Å². The number of aromatic nitrogens is 2. The van der Waals surface area contributed by atoms with E-state index in [9.17, 15) is 0 Å². The molecule has 10 aromatic rings. The summed E-state index contributed by atoms with van der Waals surface area (Å²) >= 11 is 1.87. The zero-order valence-electron chi connectivity index (χ0n) is 31.8. The van der Waals surface area contributed by atoms with Gasteiger partial charge in [0, 0.05) is 37.4 Å². The molecule has 3 nitrogen and oxygen atoms in total. The van der Waals surface area contributed by atoms with Gasteiger partial charge in [-0.3, -0.25) is 0 Å². The molecule has 0 saturated heterocycles. The summed E-state index contributed by atoms with van der Waals surface area (Å²) in [5.74, 6) is 0.710. The molecule has 0 N–H and O–H groups in total. The van der Waals surface area contributed by atoms with Crippen molar-refractivity contribution in [3.63, 3.8) is 0 Å². The molecule has 12 rings (SSSR count). The summed E-state index contributed by atoms with van der Waals surface area (Å²) in [5, 5.41) is 1.12. The monoisotopic (exact) mass is 770 g/mol. The molecule has 2 aliphatic rings. The Bertz CT molecular complexity index is 3200. The highest BCUT2D eigenvalue weighted by Gasteiger charge is 2.51. The Morgan fingerprint density at radius 3 is 1.76 bits per heavy atom. The molecular formula is C55H34N2OS. The van der Waals surface area contributed by atoms with Crippen LogP contribution in [0.25, 0.3) is 78.3 Å². The lowest BCUT2D eigenvalue weighted by Gasteiger charge is -2.40. The first-order chi connectivity index (χ1) is 29.2. The lowest BCUT2D eigenvalue weighted by molar-refractivity contribution is 0.616. The number of nitrogens with zero attached hydrogens (tertiary/aromatic N) is 2. The Labute approximate surface area is 346 Å². The Morgan fingerprint density at radius 2 is 0.983 bits per heavy atom. The molecule has 0 amide bonds. The number of rotatable bonds is 5. The van der Waals surface area contributed by atoms with Crippen molar-refractivity contribution >= 4 is 22.7 Å². The maximum atomic E-state index is 6.25. The van der Waals surface area contributed by atoms with Gasteiger partial charge in [0.25, 0.3) is 0 Å². The van der Waals surface area contributed by atoms with Crippen molar-refractivity contribution in [2.24, 2.45) is 0 Å². The molecule has 1 aliphatic heterocycles. The zero-order valence-corrected chi connectivity index (χ0v) is 32.7. The molecule has 0 saturated carbocycles. The molecule has 59 heavy (non-hydrogen) atoms. The van der Waals surface area contributed by atoms with Crippen LogP contribution in [-0.2, 0) is 5.41 Å². The van der Waals surface area contributed by atoms with Gasteiger partial charge < -0.3 is 4.42 Å². The van der Waals surface area contributed by atoms with Crippen molar-refractivity contribution in [2.45, 2.75) is 15.2 Å². The van der Waals surface area contributed by atoms with Crippen molar-refractivity contribution in [1.29, 1.82) is 0 Å². The van der Waals surface area contributed by atoms with Crippen LogP contribution in [0.3, 0.4) is 0 Å². The van der Waals surface area contributed by atoms with E-state index in [1.807, 2.05) is 42.3 Å². The number of benzene rings is 8. The van der Waals surface area contributed by atoms with E-state index in [1.54, 1.807) is 0 Å². The summed E-state index contributed by atoms with van der Waals surface area (Å²) in [7, 11) is 0. The number of fused-ring (bicyclic) bond motifs is 11. The van der Waals surface area contributed by atoms with Crippen LogP contribution in [0, 0.1) is 0 Å². The molecule has 0 fully saturated rings. The van der Waals surface area contributed by atoms with Crippen LogP contribution in [0.4, 0.5) is 0 Å². The van der Waals surface area contributed by atoms with Crippen LogP contribution in [0.5, 0.6) is 0 Å². The molecular weight excluding hydrogens is 737 g/mol. The van der Waals surface area contributed by atoms with E-state index in [0.29, 0.717) is 5.82 Å². The number of hydrogen-bond donors (Lipinski definition) is 0. The Kier molecular flexibility index (Phi) is 7.69.